The molecule has 0 spiro atoms. The van der Waals surface area contributed by atoms with E-state index >= 15 is 0 Å². The van der Waals surface area contributed by atoms with Gasteiger partial charge in [0.15, 0.2) is 0 Å². The maximum atomic E-state index is 12.5. The number of aromatic nitrogens is 2. The van der Waals surface area contributed by atoms with Gasteiger partial charge in [-0.15, -0.1) is 0 Å². The molecule has 1 aromatic heterocycles. The number of carbonyl (C=O) groups is 1. The number of anilines is 2. The molecule has 1 aliphatic rings. The van der Waals surface area contributed by atoms with Crippen molar-refractivity contribution in [3.63, 3.8) is 0 Å². The molecule has 2 heterocycles. The average Bonchev–Trinajstić information content (AvgIpc) is 2.57. The summed E-state index contributed by atoms with van der Waals surface area (Å²) in [6.07, 6.45) is 5.41. The number of amides is 1. The number of rotatable bonds is 3. The molecule has 1 fully saturated rings. The fraction of sp³-hybridized carbons (Fsp3) is 0.389. The number of piperidine rings is 1. The Bertz CT molecular complexity index is 732. The minimum absolute atomic E-state index is 0.0274. The minimum Gasteiger partial charge on any atom is -0.339 e. The maximum Gasteiger partial charge on any atom is 0.274 e. The third kappa shape index (κ3) is 3.93. The van der Waals surface area contributed by atoms with Gasteiger partial charge in [0.2, 0.25) is 0 Å². The van der Waals surface area contributed by atoms with E-state index in [1.165, 1.54) is 6.42 Å². The monoisotopic (exact) mass is 388 g/mol. The molecule has 1 N–H and O–H groups in total. The number of aryl methyl sites for hydroxylation is 1. The van der Waals surface area contributed by atoms with Gasteiger partial charge in [-0.3, -0.25) is 4.79 Å². The van der Waals surface area contributed by atoms with Crippen molar-refractivity contribution in [2.75, 3.05) is 18.4 Å². The molecule has 126 valence electrons. The summed E-state index contributed by atoms with van der Waals surface area (Å²) in [5.41, 5.74) is 2.48. The van der Waals surface area contributed by atoms with Crippen LogP contribution < -0.4 is 5.32 Å². The Morgan fingerprint density at radius 2 is 2.17 bits per heavy atom. The van der Waals surface area contributed by atoms with Gasteiger partial charge in [0.05, 0.1) is 12.4 Å². The van der Waals surface area contributed by atoms with Crippen molar-refractivity contribution in [2.24, 2.45) is 5.92 Å². The molecular formula is C18H21BrN4O. The van der Waals surface area contributed by atoms with Gasteiger partial charge in [0.25, 0.3) is 5.91 Å². The summed E-state index contributed by atoms with van der Waals surface area (Å²) < 4.78 is 1.04. The number of hydrogen-bond donors (Lipinski definition) is 1. The predicted octanol–water partition coefficient (Wildman–Crippen LogP) is 4.16. The molecule has 1 amide bonds. The van der Waals surface area contributed by atoms with Gasteiger partial charge < -0.3 is 10.2 Å². The smallest absolute Gasteiger partial charge is 0.274 e. The lowest BCUT2D eigenvalue weighted by Crippen LogP contribution is -2.39. The first-order chi connectivity index (χ1) is 11.5. The second-order valence-electron chi connectivity index (χ2n) is 6.37. The summed E-state index contributed by atoms with van der Waals surface area (Å²) in [6, 6.07) is 5.98. The van der Waals surface area contributed by atoms with Gasteiger partial charge >= 0.3 is 0 Å². The zero-order valence-corrected chi connectivity index (χ0v) is 15.5. The topological polar surface area (TPSA) is 58.1 Å². The van der Waals surface area contributed by atoms with Crippen LogP contribution in [0.25, 0.3) is 0 Å². The molecule has 1 aliphatic heterocycles. The van der Waals surface area contributed by atoms with E-state index in [1.807, 2.05) is 30.0 Å². The molecule has 5 nitrogen and oxygen atoms in total. The summed E-state index contributed by atoms with van der Waals surface area (Å²) in [5, 5.41) is 3.23. The molecule has 2 aromatic rings. The zero-order valence-electron chi connectivity index (χ0n) is 13.9. The van der Waals surface area contributed by atoms with Gasteiger partial charge in [-0.1, -0.05) is 22.9 Å². The first-order valence-corrected chi connectivity index (χ1v) is 8.97. The number of nitrogens with zero attached hydrogens (tertiary/aromatic N) is 3. The summed E-state index contributed by atoms with van der Waals surface area (Å²) in [4.78, 5) is 23.0. The molecule has 1 aromatic carbocycles. The van der Waals surface area contributed by atoms with Crippen molar-refractivity contribution in [3.05, 3.63) is 46.3 Å². The molecule has 0 aliphatic carbocycles. The van der Waals surface area contributed by atoms with Crippen LogP contribution >= 0.6 is 15.9 Å². The number of halogens is 1. The highest BCUT2D eigenvalue weighted by atomic mass is 79.9. The number of nitrogens with one attached hydrogen (secondary N) is 1. The van der Waals surface area contributed by atoms with Gasteiger partial charge in [0.1, 0.15) is 11.5 Å². The normalized spacial score (nSPS) is 17.6. The molecule has 0 bridgehead atoms. The minimum atomic E-state index is -0.0274. The van der Waals surface area contributed by atoms with Gasteiger partial charge in [-0.25, -0.2) is 9.97 Å². The van der Waals surface area contributed by atoms with E-state index in [0.717, 1.165) is 35.2 Å². The Labute approximate surface area is 150 Å². The molecular weight excluding hydrogens is 368 g/mol. The van der Waals surface area contributed by atoms with Crippen molar-refractivity contribution < 1.29 is 4.79 Å². The number of hydrogen-bond acceptors (Lipinski definition) is 4. The molecule has 1 unspecified atom stereocenters. The van der Waals surface area contributed by atoms with E-state index in [1.54, 1.807) is 12.4 Å². The third-order valence-corrected chi connectivity index (χ3v) is 4.76. The zero-order chi connectivity index (χ0) is 17.1. The van der Waals surface area contributed by atoms with Crippen molar-refractivity contribution in [1.82, 2.24) is 14.9 Å². The molecule has 0 radical (unpaired) electrons. The fourth-order valence-corrected chi connectivity index (χ4v) is 3.42. The summed E-state index contributed by atoms with van der Waals surface area (Å²) in [6.45, 7) is 5.82. The summed E-state index contributed by atoms with van der Waals surface area (Å²) in [5.74, 6) is 1.15. The van der Waals surface area contributed by atoms with Crippen molar-refractivity contribution in [3.8, 4) is 0 Å². The van der Waals surface area contributed by atoms with Crippen LogP contribution in [0.15, 0.2) is 35.1 Å². The third-order valence-electron chi connectivity index (χ3n) is 4.27. The lowest BCUT2D eigenvalue weighted by Gasteiger charge is -2.30. The van der Waals surface area contributed by atoms with Crippen LogP contribution in [0.5, 0.6) is 0 Å². The molecule has 1 atom stereocenters. The SMILES string of the molecule is Cc1cc(Br)ccc1Nc1cnc(C(=O)N2CCCC(C)C2)cn1. The van der Waals surface area contributed by atoms with E-state index in [9.17, 15) is 4.79 Å². The van der Waals surface area contributed by atoms with Crippen LogP contribution in [-0.2, 0) is 0 Å². The molecule has 0 saturated carbocycles. The van der Waals surface area contributed by atoms with Crippen molar-refractivity contribution >= 4 is 33.3 Å². The molecule has 3 rings (SSSR count). The predicted molar refractivity (Wildman–Crippen MR) is 98.5 cm³/mol. The van der Waals surface area contributed by atoms with Gasteiger partial charge in [-0.05, 0) is 49.4 Å². The maximum absolute atomic E-state index is 12.5. The standard InChI is InChI=1S/C18H21BrN4O/c1-12-4-3-7-23(11-12)18(24)16-9-21-17(10-20-16)22-15-6-5-14(19)8-13(15)2/h5-6,8-10,12H,3-4,7,11H2,1-2H3,(H,21,22). The molecule has 6 heteroatoms. The lowest BCUT2D eigenvalue weighted by atomic mass is 10.0. The van der Waals surface area contributed by atoms with Crippen LogP contribution in [0, 0.1) is 12.8 Å². The van der Waals surface area contributed by atoms with Crippen LogP contribution in [0.2, 0.25) is 0 Å². The number of benzene rings is 1. The Balaban J connectivity index is 1.69. The van der Waals surface area contributed by atoms with Gasteiger partial charge in [-0.2, -0.15) is 0 Å². The Morgan fingerprint density at radius 1 is 1.33 bits per heavy atom. The Kier molecular flexibility index (Phi) is 5.14. The Hall–Kier alpha value is -1.95. The summed E-state index contributed by atoms with van der Waals surface area (Å²) >= 11 is 3.45. The van der Waals surface area contributed by atoms with Crippen LogP contribution in [0.1, 0.15) is 35.8 Å². The highest BCUT2D eigenvalue weighted by Gasteiger charge is 2.23. The summed E-state index contributed by atoms with van der Waals surface area (Å²) in [7, 11) is 0. The molecule has 1 saturated heterocycles. The highest BCUT2D eigenvalue weighted by molar-refractivity contribution is 9.10. The van der Waals surface area contributed by atoms with Crippen LogP contribution in [0.4, 0.5) is 11.5 Å². The van der Waals surface area contributed by atoms with Gasteiger partial charge in [0, 0.05) is 23.2 Å². The fourth-order valence-electron chi connectivity index (χ4n) is 2.94. The number of likely N-dealkylation sites (tertiary alicyclic amines) is 1. The second kappa shape index (κ2) is 7.30. The van der Waals surface area contributed by atoms with E-state index < -0.39 is 0 Å². The molecule has 24 heavy (non-hydrogen) atoms. The number of carbonyl (C=O) groups excluding carboxylic acids is 1. The quantitative estimate of drug-likeness (QED) is 0.857. The van der Waals surface area contributed by atoms with Crippen LogP contribution in [0.3, 0.4) is 0 Å². The van der Waals surface area contributed by atoms with E-state index in [0.29, 0.717) is 17.4 Å². The van der Waals surface area contributed by atoms with E-state index in [2.05, 4.69) is 38.1 Å². The average molecular weight is 389 g/mol. The largest absolute Gasteiger partial charge is 0.339 e. The van der Waals surface area contributed by atoms with E-state index in [-0.39, 0.29) is 5.91 Å². The van der Waals surface area contributed by atoms with Crippen LogP contribution in [-0.4, -0.2) is 33.9 Å². The lowest BCUT2D eigenvalue weighted by molar-refractivity contribution is 0.0676. The first-order valence-electron chi connectivity index (χ1n) is 8.17. The second-order valence-corrected chi connectivity index (χ2v) is 7.29. The highest BCUT2D eigenvalue weighted by Crippen LogP contribution is 2.23. The van der Waals surface area contributed by atoms with E-state index in [4.69, 9.17) is 0 Å². The van der Waals surface area contributed by atoms with Crippen molar-refractivity contribution in [1.29, 1.82) is 0 Å². The van der Waals surface area contributed by atoms with Crippen molar-refractivity contribution in [2.45, 2.75) is 26.7 Å². The first kappa shape index (κ1) is 16.9. The Morgan fingerprint density at radius 3 is 2.83 bits per heavy atom.